The SMILES string of the molecule is NNc1ncc(Br)cc1S(=O)(=O)Nc1c(Br)cccc1Br. The molecular formula is C11H9Br3N4O2S. The second kappa shape index (κ2) is 6.61. The van der Waals surface area contributed by atoms with Crippen molar-refractivity contribution in [2.75, 3.05) is 10.1 Å². The number of rotatable bonds is 4. The fraction of sp³-hybridized carbons (Fsp3) is 0. The Labute approximate surface area is 146 Å². The van der Waals surface area contributed by atoms with Gasteiger partial charge in [-0.25, -0.2) is 19.2 Å². The molecule has 112 valence electrons. The lowest BCUT2D eigenvalue weighted by Gasteiger charge is -2.13. The number of pyridine rings is 1. The summed E-state index contributed by atoms with van der Waals surface area (Å²) in [7, 11) is -3.87. The first-order valence-corrected chi connectivity index (χ1v) is 9.30. The molecule has 21 heavy (non-hydrogen) atoms. The lowest BCUT2D eigenvalue weighted by Crippen LogP contribution is -2.19. The maximum atomic E-state index is 12.5. The predicted molar refractivity (Wildman–Crippen MR) is 92.4 cm³/mol. The minimum Gasteiger partial charge on any atom is -0.307 e. The number of halogens is 3. The highest BCUT2D eigenvalue weighted by atomic mass is 79.9. The van der Waals surface area contributed by atoms with Crippen LogP contribution < -0.4 is 16.0 Å². The molecule has 2 aromatic rings. The lowest BCUT2D eigenvalue weighted by atomic mass is 10.3. The third kappa shape index (κ3) is 3.75. The van der Waals surface area contributed by atoms with E-state index in [4.69, 9.17) is 5.84 Å². The Morgan fingerprint density at radius 1 is 1.14 bits per heavy atom. The summed E-state index contributed by atoms with van der Waals surface area (Å²) in [6, 6.07) is 6.64. The molecule has 0 saturated heterocycles. The van der Waals surface area contributed by atoms with Crippen LogP contribution in [0.25, 0.3) is 0 Å². The third-order valence-electron chi connectivity index (χ3n) is 2.44. The van der Waals surface area contributed by atoms with Crippen LogP contribution in [0, 0.1) is 0 Å². The topological polar surface area (TPSA) is 97.1 Å². The number of para-hydroxylation sites is 1. The van der Waals surface area contributed by atoms with Gasteiger partial charge >= 0.3 is 0 Å². The van der Waals surface area contributed by atoms with Gasteiger partial charge in [-0.1, -0.05) is 6.07 Å². The first-order valence-electron chi connectivity index (χ1n) is 5.44. The predicted octanol–water partition coefficient (Wildman–Crippen LogP) is 3.46. The molecule has 0 fully saturated rings. The Hall–Kier alpha value is -0.680. The zero-order chi connectivity index (χ0) is 15.6. The normalized spacial score (nSPS) is 11.2. The van der Waals surface area contributed by atoms with E-state index in [1.165, 1.54) is 12.3 Å². The number of hydrazine groups is 1. The van der Waals surface area contributed by atoms with Gasteiger partial charge in [0.25, 0.3) is 10.0 Å². The molecule has 1 aromatic carbocycles. The molecule has 1 aromatic heterocycles. The van der Waals surface area contributed by atoms with Gasteiger partial charge in [0.1, 0.15) is 4.90 Å². The van der Waals surface area contributed by atoms with Crippen LogP contribution in [0.5, 0.6) is 0 Å². The van der Waals surface area contributed by atoms with E-state index >= 15 is 0 Å². The number of sulfonamides is 1. The van der Waals surface area contributed by atoms with E-state index in [2.05, 4.69) is 62.9 Å². The molecule has 4 N–H and O–H groups in total. The molecular weight excluding hydrogens is 492 g/mol. The first kappa shape index (κ1) is 16.7. The van der Waals surface area contributed by atoms with Crippen molar-refractivity contribution < 1.29 is 8.42 Å². The fourth-order valence-electron chi connectivity index (χ4n) is 1.52. The molecule has 1 heterocycles. The van der Waals surface area contributed by atoms with Crippen LogP contribution in [0.3, 0.4) is 0 Å². The molecule has 0 radical (unpaired) electrons. The molecule has 0 unspecified atom stereocenters. The van der Waals surface area contributed by atoms with Crippen molar-refractivity contribution in [2.24, 2.45) is 5.84 Å². The number of nitrogens with one attached hydrogen (secondary N) is 2. The summed E-state index contributed by atoms with van der Waals surface area (Å²) in [5.74, 6) is 5.36. The van der Waals surface area contributed by atoms with E-state index in [1.807, 2.05) is 0 Å². The average molecular weight is 501 g/mol. The summed E-state index contributed by atoms with van der Waals surface area (Å²) in [6.45, 7) is 0. The average Bonchev–Trinajstić information content (AvgIpc) is 2.43. The van der Waals surface area contributed by atoms with Crippen molar-refractivity contribution in [3.05, 3.63) is 43.9 Å². The summed E-state index contributed by atoms with van der Waals surface area (Å²) in [4.78, 5) is 3.86. The third-order valence-corrected chi connectivity index (χ3v) is 5.56. The van der Waals surface area contributed by atoms with Gasteiger partial charge in [0.05, 0.1) is 5.69 Å². The number of hydrogen-bond donors (Lipinski definition) is 3. The lowest BCUT2D eigenvalue weighted by molar-refractivity contribution is 0.601. The van der Waals surface area contributed by atoms with Crippen LogP contribution >= 0.6 is 47.8 Å². The molecule has 0 aliphatic heterocycles. The maximum absolute atomic E-state index is 12.5. The Morgan fingerprint density at radius 3 is 2.33 bits per heavy atom. The highest BCUT2D eigenvalue weighted by molar-refractivity contribution is 9.11. The van der Waals surface area contributed by atoms with Crippen molar-refractivity contribution in [1.29, 1.82) is 0 Å². The number of nitrogens with zero attached hydrogens (tertiary/aromatic N) is 1. The van der Waals surface area contributed by atoms with Crippen LogP contribution in [0.15, 0.2) is 48.8 Å². The first-order chi connectivity index (χ1) is 9.85. The highest BCUT2D eigenvalue weighted by Crippen LogP contribution is 2.33. The van der Waals surface area contributed by atoms with Crippen molar-refractivity contribution in [1.82, 2.24) is 4.98 Å². The Morgan fingerprint density at radius 2 is 1.76 bits per heavy atom. The Balaban J connectivity index is 2.51. The van der Waals surface area contributed by atoms with Crippen molar-refractivity contribution in [3.63, 3.8) is 0 Å². The highest BCUT2D eigenvalue weighted by Gasteiger charge is 2.22. The van der Waals surface area contributed by atoms with Crippen LogP contribution in [-0.2, 0) is 10.0 Å². The quantitative estimate of drug-likeness (QED) is 0.441. The minimum atomic E-state index is -3.87. The molecule has 0 spiro atoms. The standard InChI is InChI=1S/C11H9Br3N4O2S/c12-6-4-9(11(17-15)16-5-6)21(19,20)18-10-7(13)2-1-3-8(10)14/h1-5,18H,15H2,(H,16,17). The van der Waals surface area contributed by atoms with Crippen LogP contribution in [0.1, 0.15) is 0 Å². The van der Waals surface area contributed by atoms with Gasteiger partial charge in [0.2, 0.25) is 0 Å². The summed E-state index contributed by atoms with van der Waals surface area (Å²) >= 11 is 9.79. The number of nitrogen functional groups attached to an aromatic ring is 1. The molecule has 0 bridgehead atoms. The molecule has 0 saturated carbocycles. The molecule has 6 nitrogen and oxygen atoms in total. The number of hydrogen-bond acceptors (Lipinski definition) is 5. The largest absolute Gasteiger partial charge is 0.307 e. The second-order valence-electron chi connectivity index (χ2n) is 3.85. The minimum absolute atomic E-state index is 0.0499. The number of benzene rings is 1. The number of nitrogens with two attached hydrogens (primary N) is 1. The summed E-state index contributed by atoms with van der Waals surface area (Å²) < 4.78 is 29.3. The van der Waals surface area contributed by atoms with E-state index < -0.39 is 10.0 Å². The fourth-order valence-corrected chi connectivity index (χ4v) is 4.71. The molecule has 0 aliphatic carbocycles. The maximum Gasteiger partial charge on any atom is 0.265 e. The number of anilines is 2. The van der Waals surface area contributed by atoms with Crippen molar-refractivity contribution in [2.45, 2.75) is 4.90 Å². The van der Waals surface area contributed by atoms with Crippen LogP contribution in [0.4, 0.5) is 11.5 Å². The zero-order valence-electron chi connectivity index (χ0n) is 10.3. The van der Waals surface area contributed by atoms with Gasteiger partial charge in [-0.15, -0.1) is 0 Å². The zero-order valence-corrected chi connectivity index (χ0v) is 15.8. The molecule has 0 aliphatic rings. The van der Waals surface area contributed by atoms with E-state index in [0.29, 0.717) is 19.1 Å². The molecule has 0 amide bonds. The molecule has 10 heteroatoms. The van der Waals surface area contributed by atoms with Crippen molar-refractivity contribution >= 4 is 69.3 Å². The van der Waals surface area contributed by atoms with Crippen LogP contribution in [-0.4, -0.2) is 13.4 Å². The second-order valence-corrected chi connectivity index (χ2v) is 8.12. The van der Waals surface area contributed by atoms with Crippen molar-refractivity contribution in [3.8, 4) is 0 Å². The molecule has 0 atom stereocenters. The summed E-state index contributed by atoms with van der Waals surface area (Å²) in [5, 5.41) is 0. The van der Waals surface area contributed by atoms with E-state index in [-0.39, 0.29) is 10.7 Å². The monoisotopic (exact) mass is 498 g/mol. The van der Waals surface area contributed by atoms with E-state index in [0.717, 1.165) is 0 Å². The van der Waals surface area contributed by atoms with E-state index in [9.17, 15) is 8.42 Å². The smallest absolute Gasteiger partial charge is 0.265 e. The molecule has 2 rings (SSSR count). The Bertz CT molecular complexity index is 763. The van der Waals surface area contributed by atoms with Gasteiger partial charge in [-0.2, -0.15) is 0 Å². The summed E-state index contributed by atoms with van der Waals surface area (Å²) in [6.07, 6.45) is 1.45. The van der Waals surface area contributed by atoms with E-state index in [1.54, 1.807) is 18.2 Å². The van der Waals surface area contributed by atoms with Gasteiger partial charge in [-0.05, 0) is 66.0 Å². The van der Waals surface area contributed by atoms with Gasteiger partial charge in [-0.3, -0.25) is 4.72 Å². The van der Waals surface area contributed by atoms with Gasteiger partial charge in [0.15, 0.2) is 5.82 Å². The number of aromatic nitrogens is 1. The van der Waals surface area contributed by atoms with Crippen LogP contribution in [0.2, 0.25) is 0 Å². The summed E-state index contributed by atoms with van der Waals surface area (Å²) in [5.41, 5.74) is 2.66. The Kier molecular flexibility index (Phi) is 5.25. The van der Waals surface area contributed by atoms with Gasteiger partial charge in [0, 0.05) is 19.6 Å². The van der Waals surface area contributed by atoms with Gasteiger partial charge < -0.3 is 5.43 Å².